The highest BCUT2D eigenvalue weighted by Crippen LogP contribution is 2.43. The van der Waals surface area contributed by atoms with E-state index in [4.69, 9.17) is 13.8 Å². The van der Waals surface area contributed by atoms with Crippen molar-refractivity contribution in [2.24, 2.45) is 0 Å². The lowest BCUT2D eigenvalue weighted by atomic mass is 10.0. The Kier molecular flexibility index (Phi) is 54.4. The number of amides is 1. The van der Waals surface area contributed by atoms with Crippen LogP contribution >= 0.6 is 7.82 Å². The van der Waals surface area contributed by atoms with Crippen LogP contribution in [0.2, 0.25) is 0 Å². The molecule has 0 aliphatic heterocycles. The Morgan fingerprint density at radius 1 is 0.455 bits per heavy atom. The number of phosphoric ester groups is 1. The number of nitrogens with zero attached hydrogens (tertiary/aromatic N) is 1. The van der Waals surface area contributed by atoms with Crippen LogP contribution in [-0.2, 0) is 27.9 Å². The fourth-order valence-electron chi connectivity index (χ4n) is 8.86. The molecule has 3 atom stereocenters. The number of phosphoric acid groups is 1. The maximum absolute atomic E-state index is 13.5. The molecule has 0 spiro atoms. The summed E-state index contributed by atoms with van der Waals surface area (Å²) in [7, 11) is 1.46. The number of likely N-dealkylation sites (N-methyl/N-ethyl adjacent to an activating group) is 1. The SMILES string of the molecule is CCCCC/C=C\C/C=C\C/C=C\C/C=C\CCCCCCCCCCCCCC(=O)NC(COP(=O)(O)OCC[N+](C)(C)C)C(/C=C\CCCCCCCCCCC)OC(=O)CC/C=C/C/C=C\CCCCCCCC. The van der Waals surface area contributed by atoms with E-state index >= 15 is 0 Å². The summed E-state index contributed by atoms with van der Waals surface area (Å²) in [5, 5.41) is 3.04. The second kappa shape index (κ2) is 56.5. The quantitative estimate of drug-likeness (QED) is 0.0205. The first kappa shape index (κ1) is 74.2. The van der Waals surface area contributed by atoms with Crippen molar-refractivity contribution >= 4 is 19.7 Å². The molecule has 0 rings (SSSR count). The minimum atomic E-state index is -4.46. The van der Waals surface area contributed by atoms with Gasteiger partial charge in [-0.3, -0.25) is 18.6 Å². The minimum absolute atomic E-state index is 0.0294. The third kappa shape index (κ3) is 57.7. The Bertz CT molecular complexity index is 1590. The summed E-state index contributed by atoms with van der Waals surface area (Å²) in [6.45, 7) is 6.93. The molecule has 10 heteroatoms. The minimum Gasteiger partial charge on any atom is -0.456 e. The van der Waals surface area contributed by atoms with E-state index in [1.165, 1.54) is 161 Å². The lowest BCUT2D eigenvalue weighted by molar-refractivity contribution is -0.870. The average Bonchev–Trinajstić information content (AvgIpc) is 3.39. The summed E-state index contributed by atoms with van der Waals surface area (Å²) in [6, 6.07) is -0.875. The van der Waals surface area contributed by atoms with E-state index in [1.54, 1.807) is 0 Å². The van der Waals surface area contributed by atoms with Crippen LogP contribution in [0.15, 0.2) is 85.1 Å². The first-order chi connectivity index (χ1) is 37.4. The third-order valence-electron chi connectivity index (χ3n) is 13.8. The van der Waals surface area contributed by atoms with Gasteiger partial charge in [0, 0.05) is 12.8 Å². The predicted octanol–water partition coefficient (Wildman–Crippen LogP) is 19.8. The molecule has 0 aliphatic carbocycles. The number of unbranched alkanes of at least 4 members (excludes halogenated alkanes) is 29. The Morgan fingerprint density at radius 3 is 1.23 bits per heavy atom. The number of carbonyl (C=O) groups excluding carboxylic acids is 2. The summed E-state index contributed by atoms with van der Waals surface area (Å²) in [6.07, 6.45) is 74.6. The van der Waals surface area contributed by atoms with Gasteiger partial charge in [-0.2, -0.15) is 0 Å². The van der Waals surface area contributed by atoms with Gasteiger partial charge in [0.25, 0.3) is 0 Å². The molecule has 1 amide bonds. The topological polar surface area (TPSA) is 111 Å². The van der Waals surface area contributed by atoms with Crippen molar-refractivity contribution < 1.29 is 37.3 Å². The maximum Gasteiger partial charge on any atom is 0.472 e. The third-order valence-corrected chi connectivity index (χ3v) is 14.8. The molecule has 2 N–H and O–H groups in total. The van der Waals surface area contributed by atoms with E-state index in [1.807, 2.05) is 39.4 Å². The Labute approximate surface area is 476 Å². The van der Waals surface area contributed by atoms with Gasteiger partial charge in [-0.15, -0.1) is 0 Å². The first-order valence-electron chi connectivity index (χ1n) is 31.9. The molecule has 0 saturated heterocycles. The largest absolute Gasteiger partial charge is 0.472 e. The van der Waals surface area contributed by atoms with Crippen LogP contribution in [0.5, 0.6) is 0 Å². The van der Waals surface area contributed by atoms with Gasteiger partial charge >= 0.3 is 13.8 Å². The van der Waals surface area contributed by atoms with Crippen molar-refractivity contribution in [3.8, 4) is 0 Å². The summed E-state index contributed by atoms with van der Waals surface area (Å²) in [4.78, 5) is 37.6. The monoisotopic (exact) mass is 1100 g/mol. The van der Waals surface area contributed by atoms with Gasteiger partial charge in [0.1, 0.15) is 19.3 Å². The highest BCUT2D eigenvalue weighted by atomic mass is 31.2. The number of rotatable bonds is 57. The Hall–Kier alpha value is -2.81. The molecule has 3 unspecified atom stereocenters. The lowest BCUT2D eigenvalue weighted by Crippen LogP contribution is -2.47. The number of quaternary nitrogens is 1. The molecule has 0 bridgehead atoms. The molecule has 0 aliphatic rings. The van der Waals surface area contributed by atoms with E-state index in [-0.39, 0.29) is 25.5 Å². The second-order valence-electron chi connectivity index (χ2n) is 22.6. The highest BCUT2D eigenvalue weighted by molar-refractivity contribution is 7.47. The van der Waals surface area contributed by atoms with Crippen LogP contribution in [0.3, 0.4) is 0 Å². The van der Waals surface area contributed by atoms with Crippen molar-refractivity contribution in [1.82, 2.24) is 5.32 Å². The summed E-state index contributed by atoms with van der Waals surface area (Å²) < 4.78 is 30.6. The smallest absolute Gasteiger partial charge is 0.456 e. The molecule has 446 valence electrons. The number of hydrogen-bond donors (Lipinski definition) is 2. The lowest BCUT2D eigenvalue weighted by Gasteiger charge is -2.27. The number of nitrogens with one attached hydrogen (secondary N) is 1. The summed E-state index contributed by atoms with van der Waals surface area (Å²) in [5.41, 5.74) is 0. The standard InChI is InChI=1S/C67H121N2O7P/c1-7-10-13-16-19-22-25-27-28-29-30-31-32-33-34-35-36-37-38-39-40-42-44-47-50-53-56-59-66(70)68-64(63-75-77(72,73)74-62-61-69(4,5)6)65(58-55-52-49-46-43-24-21-18-15-12-9-3)76-67(71)60-57-54-51-48-45-41-26-23-20-17-14-11-8-2/h19,22,27-28,30-31,33-34,41,45,51,54-55,58,64-65H,7-18,20-21,23-26,29,32,35-40,42-44,46-50,52-53,56-57,59-63H2,1-6H3,(H-,68,70,72,73)/p+1/b22-19-,28-27-,31-30-,34-33-,45-41-,54-51+,58-55-. The number of carbonyl (C=O) groups is 2. The van der Waals surface area contributed by atoms with Gasteiger partial charge in [0.15, 0.2) is 0 Å². The van der Waals surface area contributed by atoms with Gasteiger partial charge in [0.05, 0.1) is 33.8 Å². The molecular formula is C67H122N2O7P+. The first-order valence-corrected chi connectivity index (χ1v) is 33.4. The molecule has 0 heterocycles. The van der Waals surface area contributed by atoms with Crippen molar-refractivity contribution in [2.45, 2.75) is 290 Å². The zero-order valence-corrected chi connectivity index (χ0v) is 51.8. The zero-order chi connectivity index (χ0) is 56.4. The Balaban J connectivity index is 5.09. The molecule has 77 heavy (non-hydrogen) atoms. The Morgan fingerprint density at radius 2 is 0.805 bits per heavy atom. The van der Waals surface area contributed by atoms with E-state index in [0.717, 1.165) is 77.0 Å². The van der Waals surface area contributed by atoms with Crippen LogP contribution in [0.25, 0.3) is 0 Å². The van der Waals surface area contributed by atoms with E-state index < -0.39 is 25.9 Å². The normalized spacial score (nSPS) is 14.2. The molecular weight excluding hydrogens is 976 g/mol. The molecule has 0 aromatic heterocycles. The molecule has 9 nitrogen and oxygen atoms in total. The zero-order valence-electron chi connectivity index (χ0n) is 50.9. The molecule has 0 aromatic rings. The van der Waals surface area contributed by atoms with Crippen LogP contribution in [0.1, 0.15) is 278 Å². The number of esters is 1. The van der Waals surface area contributed by atoms with Crippen molar-refractivity contribution in [3.05, 3.63) is 85.1 Å². The second-order valence-corrected chi connectivity index (χ2v) is 24.0. The molecule has 0 aromatic carbocycles. The average molecular weight is 1100 g/mol. The van der Waals surface area contributed by atoms with Crippen LogP contribution in [0.4, 0.5) is 0 Å². The van der Waals surface area contributed by atoms with Crippen molar-refractivity contribution in [3.63, 3.8) is 0 Å². The highest BCUT2D eigenvalue weighted by Gasteiger charge is 2.30. The van der Waals surface area contributed by atoms with E-state index in [2.05, 4.69) is 92.9 Å². The van der Waals surface area contributed by atoms with E-state index in [0.29, 0.717) is 23.9 Å². The number of ether oxygens (including phenoxy) is 1. The van der Waals surface area contributed by atoms with Gasteiger partial charge in [-0.05, 0) is 96.0 Å². The molecule has 0 saturated carbocycles. The fourth-order valence-corrected chi connectivity index (χ4v) is 9.59. The number of hydrogen-bond acceptors (Lipinski definition) is 6. The van der Waals surface area contributed by atoms with Gasteiger partial charge < -0.3 is 19.4 Å². The predicted molar refractivity (Wildman–Crippen MR) is 332 cm³/mol. The molecule has 0 fully saturated rings. The van der Waals surface area contributed by atoms with Gasteiger partial charge in [0.2, 0.25) is 5.91 Å². The van der Waals surface area contributed by atoms with E-state index in [9.17, 15) is 19.0 Å². The van der Waals surface area contributed by atoms with Crippen LogP contribution < -0.4 is 5.32 Å². The molecule has 0 radical (unpaired) electrons. The summed E-state index contributed by atoms with van der Waals surface area (Å²) >= 11 is 0. The van der Waals surface area contributed by atoms with Crippen LogP contribution in [0, 0.1) is 0 Å². The number of allylic oxidation sites excluding steroid dienone is 13. The van der Waals surface area contributed by atoms with Crippen molar-refractivity contribution in [2.75, 3.05) is 40.9 Å². The van der Waals surface area contributed by atoms with Crippen molar-refractivity contribution in [1.29, 1.82) is 0 Å². The fraction of sp³-hybridized carbons (Fsp3) is 0.761. The maximum atomic E-state index is 13.5. The van der Waals surface area contributed by atoms with Gasteiger partial charge in [-0.1, -0.05) is 254 Å². The van der Waals surface area contributed by atoms with Crippen LogP contribution in [-0.4, -0.2) is 74.3 Å². The van der Waals surface area contributed by atoms with Gasteiger partial charge in [-0.25, -0.2) is 4.57 Å². The summed E-state index contributed by atoms with van der Waals surface area (Å²) in [5.74, 6) is -0.587.